The molecule has 7 nitrogen and oxygen atoms in total. The van der Waals surface area contributed by atoms with Crippen molar-refractivity contribution in [2.24, 2.45) is 5.10 Å². The van der Waals surface area contributed by atoms with E-state index >= 15 is 0 Å². The van der Waals surface area contributed by atoms with Gasteiger partial charge in [0.05, 0.1) is 33.1 Å². The van der Waals surface area contributed by atoms with E-state index in [4.69, 9.17) is 14.2 Å². The number of carbonyl (C=O) groups is 1. The molecule has 2 rings (SSSR count). The lowest BCUT2D eigenvalue weighted by atomic mass is 10.1. The van der Waals surface area contributed by atoms with Gasteiger partial charge >= 0.3 is 6.09 Å². The molecule has 0 heterocycles. The molecule has 0 spiro atoms. The summed E-state index contributed by atoms with van der Waals surface area (Å²) in [7, 11) is 1.27. The van der Waals surface area contributed by atoms with Crippen LogP contribution in [0, 0.1) is 13.8 Å². The van der Waals surface area contributed by atoms with Gasteiger partial charge in [0.25, 0.3) is 0 Å². The number of methoxy groups -OCH3 is 1. The molecule has 0 aliphatic carbocycles. The number of aryl methyl sites for hydroxylation is 2. The topological polar surface area (TPSA) is 78.4 Å². The third-order valence-corrected chi connectivity index (χ3v) is 3.83. The van der Waals surface area contributed by atoms with Crippen molar-refractivity contribution in [1.29, 1.82) is 0 Å². The molecule has 1 N–H and O–H groups in total. The highest BCUT2D eigenvalue weighted by Gasteiger charge is 2.06. The second-order valence-electron chi connectivity index (χ2n) is 6.37. The molecule has 0 radical (unpaired) electrons. The first-order chi connectivity index (χ1) is 14.0. The van der Waals surface area contributed by atoms with Crippen molar-refractivity contribution in [1.82, 2.24) is 5.43 Å². The Morgan fingerprint density at radius 1 is 1.00 bits per heavy atom. The Bertz CT molecular complexity index is 816. The van der Waals surface area contributed by atoms with Gasteiger partial charge in [0.1, 0.15) is 5.75 Å². The van der Waals surface area contributed by atoms with Crippen molar-refractivity contribution in [2.75, 3.05) is 26.9 Å². The Morgan fingerprint density at radius 3 is 2.41 bits per heavy atom. The summed E-state index contributed by atoms with van der Waals surface area (Å²) in [6.07, 6.45) is 1.61. The van der Waals surface area contributed by atoms with Gasteiger partial charge in [-0.3, -0.25) is 0 Å². The Labute approximate surface area is 171 Å². The third kappa shape index (κ3) is 7.73. The second kappa shape index (κ2) is 11.6. The van der Waals surface area contributed by atoms with Crippen molar-refractivity contribution in [3.8, 4) is 17.2 Å². The van der Waals surface area contributed by atoms with Crippen LogP contribution in [-0.4, -0.2) is 39.2 Å². The lowest BCUT2D eigenvalue weighted by molar-refractivity contribution is 0.171. The van der Waals surface area contributed by atoms with E-state index in [0.717, 1.165) is 17.7 Å². The average Bonchev–Trinajstić information content (AvgIpc) is 2.68. The van der Waals surface area contributed by atoms with Gasteiger partial charge in [-0.1, -0.05) is 6.07 Å². The van der Waals surface area contributed by atoms with Gasteiger partial charge in [-0.05, 0) is 67.8 Å². The number of rotatable bonds is 10. The normalized spacial score (nSPS) is 10.6. The van der Waals surface area contributed by atoms with Gasteiger partial charge in [0, 0.05) is 6.42 Å². The summed E-state index contributed by atoms with van der Waals surface area (Å²) in [5.74, 6) is 2.14. The van der Waals surface area contributed by atoms with E-state index in [9.17, 15) is 4.79 Å². The summed E-state index contributed by atoms with van der Waals surface area (Å²) < 4.78 is 21.8. The maximum atomic E-state index is 11.0. The minimum absolute atomic E-state index is 0.502. The highest BCUT2D eigenvalue weighted by atomic mass is 16.5. The van der Waals surface area contributed by atoms with Gasteiger partial charge < -0.3 is 18.9 Å². The van der Waals surface area contributed by atoms with Gasteiger partial charge in [-0.2, -0.15) is 5.10 Å². The number of nitrogens with one attached hydrogen (secondary N) is 1. The molecule has 29 heavy (non-hydrogen) atoms. The fraction of sp³-hybridized carbons (Fsp3) is 0.364. The highest BCUT2D eigenvalue weighted by Crippen LogP contribution is 2.28. The van der Waals surface area contributed by atoms with Crippen LogP contribution >= 0.6 is 0 Å². The molecule has 0 unspecified atom stereocenters. The number of nitrogens with zero attached hydrogens (tertiary/aromatic N) is 1. The van der Waals surface area contributed by atoms with Gasteiger partial charge in [0.15, 0.2) is 11.5 Å². The van der Waals surface area contributed by atoms with Crippen LogP contribution in [0.25, 0.3) is 0 Å². The van der Waals surface area contributed by atoms with Crippen LogP contribution in [0.1, 0.15) is 30.0 Å². The van der Waals surface area contributed by atoms with Crippen molar-refractivity contribution in [3.63, 3.8) is 0 Å². The molecular formula is C22H28N2O5. The summed E-state index contributed by atoms with van der Waals surface area (Å²) in [6.45, 7) is 7.59. The number of hydrogen-bond acceptors (Lipinski definition) is 6. The maximum Gasteiger partial charge on any atom is 0.427 e. The van der Waals surface area contributed by atoms with Crippen LogP contribution in [0.15, 0.2) is 41.5 Å². The largest absolute Gasteiger partial charge is 0.493 e. The standard InChI is InChI=1S/C22H28N2O5/c1-5-27-21-14-18(15-23-24-22(25)26-4)7-8-20(21)29-10-6-9-28-19-12-16(2)11-17(3)13-19/h7-8,11-15H,5-6,9-10H2,1-4H3,(H,24,25)/b23-15-. The van der Waals surface area contributed by atoms with Crippen molar-refractivity contribution >= 4 is 12.3 Å². The Balaban J connectivity index is 1.86. The lowest BCUT2D eigenvalue weighted by Crippen LogP contribution is -2.16. The average molecular weight is 400 g/mol. The quantitative estimate of drug-likeness (QED) is 0.367. The van der Waals surface area contributed by atoms with E-state index < -0.39 is 6.09 Å². The molecule has 0 saturated heterocycles. The van der Waals surface area contributed by atoms with Gasteiger partial charge in [-0.15, -0.1) is 0 Å². The van der Waals surface area contributed by atoms with Crippen molar-refractivity contribution in [3.05, 3.63) is 53.1 Å². The van der Waals surface area contributed by atoms with Crippen LogP contribution in [-0.2, 0) is 4.74 Å². The molecule has 0 bridgehead atoms. The van der Waals surface area contributed by atoms with E-state index in [1.54, 1.807) is 6.07 Å². The highest BCUT2D eigenvalue weighted by molar-refractivity contribution is 5.82. The molecule has 0 atom stereocenters. The minimum Gasteiger partial charge on any atom is -0.493 e. The zero-order valence-electron chi connectivity index (χ0n) is 17.4. The Kier molecular flexibility index (Phi) is 8.82. The monoisotopic (exact) mass is 400 g/mol. The second-order valence-corrected chi connectivity index (χ2v) is 6.37. The number of hydrazone groups is 1. The molecule has 2 aromatic rings. The van der Waals surface area contributed by atoms with Crippen LogP contribution in [0.5, 0.6) is 17.2 Å². The minimum atomic E-state index is -0.630. The predicted molar refractivity (Wildman–Crippen MR) is 112 cm³/mol. The summed E-state index contributed by atoms with van der Waals surface area (Å²) in [6, 6.07) is 11.6. The summed E-state index contributed by atoms with van der Waals surface area (Å²) in [5.41, 5.74) is 5.36. The number of ether oxygens (including phenoxy) is 4. The zero-order valence-corrected chi connectivity index (χ0v) is 17.4. The molecule has 0 fully saturated rings. The Hall–Kier alpha value is -3.22. The summed E-state index contributed by atoms with van der Waals surface area (Å²) in [4.78, 5) is 11.0. The van der Waals surface area contributed by atoms with Crippen molar-refractivity contribution in [2.45, 2.75) is 27.2 Å². The molecule has 0 saturated carbocycles. The van der Waals surface area contributed by atoms with Crippen LogP contribution in [0.2, 0.25) is 0 Å². The molecule has 0 aliphatic rings. The van der Waals surface area contributed by atoms with Crippen LogP contribution in [0.4, 0.5) is 4.79 Å². The van der Waals surface area contributed by atoms with E-state index in [-0.39, 0.29) is 0 Å². The van der Waals surface area contributed by atoms with E-state index in [1.165, 1.54) is 24.5 Å². The SMILES string of the molecule is CCOc1cc(/C=N\NC(=O)OC)ccc1OCCCOc1cc(C)cc(C)c1. The Morgan fingerprint density at radius 2 is 1.72 bits per heavy atom. The first-order valence-electron chi connectivity index (χ1n) is 9.49. The van der Waals surface area contributed by atoms with Gasteiger partial charge in [-0.25, -0.2) is 10.2 Å². The first kappa shape index (κ1) is 22.1. The zero-order chi connectivity index (χ0) is 21.1. The van der Waals surface area contributed by atoms with Crippen LogP contribution in [0.3, 0.4) is 0 Å². The molecule has 0 aromatic heterocycles. The molecule has 156 valence electrons. The smallest absolute Gasteiger partial charge is 0.427 e. The molecule has 7 heteroatoms. The number of carbonyl (C=O) groups excluding carboxylic acids is 1. The summed E-state index contributed by atoms with van der Waals surface area (Å²) in [5, 5.41) is 3.81. The number of amides is 1. The fourth-order valence-electron chi connectivity index (χ4n) is 2.64. The first-order valence-corrected chi connectivity index (χ1v) is 9.49. The maximum absolute atomic E-state index is 11.0. The third-order valence-electron chi connectivity index (χ3n) is 3.83. The summed E-state index contributed by atoms with van der Waals surface area (Å²) >= 11 is 0. The van der Waals surface area contributed by atoms with Gasteiger partial charge in [0.2, 0.25) is 0 Å². The number of benzene rings is 2. The molecular weight excluding hydrogens is 372 g/mol. The molecule has 0 aliphatic heterocycles. The predicted octanol–water partition coefficient (Wildman–Crippen LogP) is 4.24. The van der Waals surface area contributed by atoms with E-state index in [1.807, 2.05) is 31.2 Å². The van der Waals surface area contributed by atoms with Crippen molar-refractivity contribution < 1.29 is 23.7 Å². The molecule has 2 aromatic carbocycles. The van der Waals surface area contributed by atoms with Crippen LogP contribution < -0.4 is 19.6 Å². The molecule has 1 amide bonds. The fourth-order valence-corrected chi connectivity index (χ4v) is 2.64. The van der Waals surface area contributed by atoms with E-state index in [2.05, 4.69) is 35.2 Å². The lowest BCUT2D eigenvalue weighted by Gasteiger charge is -2.13. The number of hydrogen-bond donors (Lipinski definition) is 1. The van der Waals surface area contributed by atoms with E-state index in [0.29, 0.717) is 31.3 Å².